The third-order valence-electron chi connectivity index (χ3n) is 2.34. The molecule has 1 aliphatic rings. The van der Waals surface area contributed by atoms with Crippen molar-refractivity contribution in [2.24, 2.45) is 21.7 Å². The summed E-state index contributed by atoms with van der Waals surface area (Å²) in [5, 5.41) is 7.64. The number of hydrogen-bond acceptors (Lipinski definition) is 3. The second kappa shape index (κ2) is 4.23. The summed E-state index contributed by atoms with van der Waals surface area (Å²) in [6.45, 7) is 3.20. The first kappa shape index (κ1) is 9.98. The third kappa shape index (κ3) is 3.02. The van der Waals surface area contributed by atoms with Gasteiger partial charge in [0.05, 0.1) is 0 Å². The molecular formula is C8H17N5. The van der Waals surface area contributed by atoms with E-state index < -0.39 is 0 Å². The van der Waals surface area contributed by atoms with Gasteiger partial charge in [-0.1, -0.05) is 0 Å². The molecule has 1 rings (SSSR count). The first-order chi connectivity index (χ1) is 6.09. The lowest BCUT2D eigenvalue weighted by atomic mass is 10.0. The summed E-state index contributed by atoms with van der Waals surface area (Å²) in [5.41, 5.74) is 11.4. The van der Waals surface area contributed by atoms with E-state index in [0.29, 0.717) is 6.04 Å². The fourth-order valence-corrected chi connectivity index (χ4v) is 1.34. The summed E-state index contributed by atoms with van der Waals surface area (Å²) >= 11 is 0. The molecule has 1 saturated heterocycles. The molecule has 0 amide bonds. The zero-order chi connectivity index (χ0) is 9.84. The van der Waals surface area contributed by atoms with Crippen LogP contribution in [0.15, 0.2) is 10.2 Å². The Kier molecular flexibility index (Phi) is 3.25. The first-order valence-corrected chi connectivity index (χ1v) is 4.44. The van der Waals surface area contributed by atoms with Crippen molar-refractivity contribution < 1.29 is 0 Å². The molecule has 1 heterocycles. The molecule has 0 aromatic heterocycles. The molecule has 13 heavy (non-hydrogen) atoms. The quantitative estimate of drug-likeness (QED) is 0.333. The van der Waals surface area contributed by atoms with E-state index >= 15 is 0 Å². The zero-order valence-corrected chi connectivity index (χ0v) is 8.20. The minimum absolute atomic E-state index is 0.0269. The lowest BCUT2D eigenvalue weighted by molar-refractivity contribution is 0.253. The molecule has 74 valence electrons. The summed E-state index contributed by atoms with van der Waals surface area (Å²) in [4.78, 5) is 2.30. The van der Waals surface area contributed by atoms with Gasteiger partial charge in [-0.2, -0.15) is 5.10 Å². The van der Waals surface area contributed by atoms with Crippen molar-refractivity contribution in [2.45, 2.75) is 25.8 Å². The van der Waals surface area contributed by atoms with Crippen LogP contribution in [0.5, 0.6) is 0 Å². The van der Waals surface area contributed by atoms with Crippen LogP contribution in [-0.4, -0.2) is 36.2 Å². The maximum Gasteiger partial charge on any atom is 0.211 e. The summed E-state index contributed by atoms with van der Waals surface area (Å²) in [5.74, 6) is 0.0269. The maximum atomic E-state index is 5.18. The Hall–Kier alpha value is -1.10. The van der Waals surface area contributed by atoms with E-state index in [1.54, 1.807) is 0 Å². The molecule has 1 unspecified atom stereocenters. The predicted octanol–water partition coefficient (Wildman–Crippen LogP) is -0.270. The van der Waals surface area contributed by atoms with Crippen LogP contribution in [0.2, 0.25) is 0 Å². The van der Waals surface area contributed by atoms with Gasteiger partial charge in [-0.15, -0.1) is 5.10 Å². The third-order valence-corrected chi connectivity index (χ3v) is 2.34. The molecule has 5 nitrogen and oxygen atoms in total. The van der Waals surface area contributed by atoms with E-state index in [1.807, 2.05) is 0 Å². The average Bonchev–Trinajstić information content (AvgIpc) is 2.07. The number of nitrogens with zero attached hydrogens (tertiary/aromatic N) is 3. The van der Waals surface area contributed by atoms with E-state index in [2.05, 4.69) is 29.1 Å². The van der Waals surface area contributed by atoms with Gasteiger partial charge in [0.1, 0.15) is 0 Å². The van der Waals surface area contributed by atoms with Crippen LogP contribution < -0.4 is 11.5 Å². The molecule has 5 heteroatoms. The Bertz CT molecular complexity index is 229. The lowest BCUT2D eigenvalue weighted by Crippen LogP contribution is -2.37. The highest BCUT2D eigenvalue weighted by Gasteiger charge is 2.18. The van der Waals surface area contributed by atoms with Crippen molar-refractivity contribution in [1.29, 1.82) is 0 Å². The highest BCUT2D eigenvalue weighted by atomic mass is 15.3. The summed E-state index contributed by atoms with van der Waals surface area (Å²) in [7, 11) is 2.11. The minimum atomic E-state index is 0.0269. The monoisotopic (exact) mass is 183 g/mol. The average molecular weight is 183 g/mol. The van der Waals surface area contributed by atoms with Gasteiger partial charge in [-0.05, 0) is 14.0 Å². The Morgan fingerprint density at radius 1 is 1.54 bits per heavy atom. The lowest BCUT2D eigenvalue weighted by Gasteiger charge is -2.29. The topological polar surface area (TPSA) is 80.0 Å². The Morgan fingerprint density at radius 3 is 2.77 bits per heavy atom. The van der Waals surface area contributed by atoms with Crippen molar-refractivity contribution in [3.8, 4) is 0 Å². The van der Waals surface area contributed by atoms with Gasteiger partial charge in [-0.3, -0.25) is 0 Å². The van der Waals surface area contributed by atoms with Crippen LogP contribution >= 0.6 is 0 Å². The minimum Gasteiger partial charge on any atom is -0.369 e. The molecule has 4 N–H and O–H groups in total. The smallest absolute Gasteiger partial charge is 0.211 e. The van der Waals surface area contributed by atoms with Crippen molar-refractivity contribution in [1.82, 2.24) is 4.90 Å². The van der Waals surface area contributed by atoms with Crippen molar-refractivity contribution in [2.75, 3.05) is 13.6 Å². The fourth-order valence-electron chi connectivity index (χ4n) is 1.34. The molecule has 0 aromatic rings. The van der Waals surface area contributed by atoms with Crippen LogP contribution in [0, 0.1) is 0 Å². The fraction of sp³-hybridized carbons (Fsp3) is 0.750. The first-order valence-electron chi connectivity index (χ1n) is 4.44. The zero-order valence-electron chi connectivity index (χ0n) is 8.20. The number of hydrogen-bond donors (Lipinski definition) is 2. The van der Waals surface area contributed by atoms with Gasteiger partial charge in [-0.25, -0.2) is 0 Å². The summed E-state index contributed by atoms with van der Waals surface area (Å²) < 4.78 is 0. The predicted molar refractivity (Wildman–Crippen MR) is 54.6 cm³/mol. The van der Waals surface area contributed by atoms with Gasteiger partial charge in [0.15, 0.2) is 0 Å². The van der Waals surface area contributed by atoms with Crippen LogP contribution in [-0.2, 0) is 0 Å². The number of piperidine rings is 1. The van der Waals surface area contributed by atoms with E-state index in [0.717, 1.165) is 25.1 Å². The molecule has 1 fully saturated rings. The molecule has 0 aromatic carbocycles. The Labute approximate surface area is 78.5 Å². The van der Waals surface area contributed by atoms with Gasteiger partial charge in [0.2, 0.25) is 5.96 Å². The van der Waals surface area contributed by atoms with Crippen LogP contribution in [0.25, 0.3) is 0 Å². The van der Waals surface area contributed by atoms with Gasteiger partial charge >= 0.3 is 0 Å². The number of likely N-dealkylation sites (tertiary alicyclic amines) is 1. The molecular weight excluding hydrogens is 166 g/mol. The second-order valence-corrected chi connectivity index (χ2v) is 3.47. The van der Waals surface area contributed by atoms with E-state index in [4.69, 9.17) is 11.5 Å². The molecule has 0 spiro atoms. The van der Waals surface area contributed by atoms with Crippen LogP contribution in [0.1, 0.15) is 19.8 Å². The van der Waals surface area contributed by atoms with E-state index in [9.17, 15) is 0 Å². The summed E-state index contributed by atoms with van der Waals surface area (Å²) in [6, 6.07) is 0.529. The van der Waals surface area contributed by atoms with Gasteiger partial charge < -0.3 is 16.4 Å². The molecule has 0 radical (unpaired) electrons. The van der Waals surface area contributed by atoms with Crippen LogP contribution in [0.3, 0.4) is 0 Å². The van der Waals surface area contributed by atoms with Gasteiger partial charge in [0, 0.05) is 31.1 Å². The highest BCUT2D eigenvalue weighted by molar-refractivity contribution is 5.86. The van der Waals surface area contributed by atoms with Crippen LogP contribution in [0.4, 0.5) is 0 Å². The number of rotatable bonds is 1. The van der Waals surface area contributed by atoms with Crippen molar-refractivity contribution in [3.63, 3.8) is 0 Å². The highest BCUT2D eigenvalue weighted by Crippen LogP contribution is 2.12. The molecule has 1 atom stereocenters. The number of guanidine groups is 1. The largest absolute Gasteiger partial charge is 0.369 e. The molecule has 0 saturated carbocycles. The van der Waals surface area contributed by atoms with E-state index in [-0.39, 0.29) is 5.96 Å². The van der Waals surface area contributed by atoms with E-state index in [1.165, 1.54) is 0 Å². The Morgan fingerprint density at radius 2 is 2.23 bits per heavy atom. The van der Waals surface area contributed by atoms with Crippen molar-refractivity contribution >= 4 is 11.7 Å². The molecule has 0 aliphatic carbocycles. The van der Waals surface area contributed by atoms with Gasteiger partial charge in [0.25, 0.3) is 0 Å². The standard InChI is InChI=1S/C8H17N5/c1-6-5-7(3-4-13(6)2)11-12-8(9)10/h6H,3-5H2,1-2H3,(H4,9,10,12)/b11-7-. The van der Waals surface area contributed by atoms with Crippen molar-refractivity contribution in [3.05, 3.63) is 0 Å². The molecule has 0 bridgehead atoms. The molecule has 1 aliphatic heterocycles. The maximum absolute atomic E-state index is 5.18. The second-order valence-electron chi connectivity index (χ2n) is 3.47. The normalized spacial score (nSPS) is 27.5. The number of nitrogens with two attached hydrogens (primary N) is 2. The Balaban J connectivity index is 2.55. The summed E-state index contributed by atoms with van der Waals surface area (Å²) in [6.07, 6.45) is 1.91. The SMILES string of the molecule is CC1C/C(=N\N=C(N)N)CCN1C.